The van der Waals surface area contributed by atoms with Crippen LogP contribution in [0.3, 0.4) is 0 Å². The van der Waals surface area contributed by atoms with Crippen LogP contribution in [0.5, 0.6) is 0 Å². The van der Waals surface area contributed by atoms with Crippen molar-refractivity contribution < 1.29 is 19.7 Å². The molecule has 1 atom stereocenters. The van der Waals surface area contributed by atoms with E-state index in [0.717, 1.165) is 5.56 Å². The second-order valence-electron chi connectivity index (χ2n) is 4.16. The Labute approximate surface area is 118 Å². The molecule has 0 bridgehead atoms. The van der Waals surface area contributed by atoms with Crippen LogP contribution in [0.2, 0.25) is 0 Å². The van der Waals surface area contributed by atoms with Crippen molar-refractivity contribution in [1.29, 1.82) is 0 Å². The Morgan fingerprint density at radius 1 is 1.35 bits per heavy atom. The van der Waals surface area contributed by atoms with Gasteiger partial charge in [0.25, 0.3) is 0 Å². The summed E-state index contributed by atoms with van der Waals surface area (Å²) in [7, 11) is 0. The van der Waals surface area contributed by atoms with Crippen LogP contribution < -0.4 is 5.32 Å². The van der Waals surface area contributed by atoms with Crippen LogP contribution in [0, 0.1) is 0 Å². The van der Waals surface area contributed by atoms with Gasteiger partial charge in [-0.3, -0.25) is 0 Å². The van der Waals surface area contributed by atoms with Crippen molar-refractivity contribution in [3.8, 4) is 0 Å². The van der Waals surface area contributed by atoms with E-state index in [2.05, 4.69) is 11.9 Å². The van der Waals surface area contributed by atoms with Crippen molar-refractivity contribution in [2.75, 3.05) is 6.61 Å². The van der Waals surface area contributed by atoms with E-state index in [1.165, 1.54) is 6.92 Å². The molecule has 108 valence electrons. The van der Waals surface area contributed by atoms with Gasteiger partial charge in [-0.05, 0) is 19.4 Å². The monoisotopic (exact) mass is 277 g/mol. The minimum absolute atomic E-state index is 0.310. The van der Waals surface area contributed by atoms with Crippen molar-refractivity contribution in [1.82, 2.24) is 5.32 Å². The highest BCUT2D eigenvalue weighted by atomic mass is 16.5. The van der Waals surface area contributed by atoms with E-state index in [0.29, 0.717) is 12.3 Å². The highest BCUT2D eigenvalue weighted by Gasteiger charge is 2.19. The molecule has 5 nitrogen and oxygen atoms in total. The Bertz CT molecular complexity index is 504. The van der Waals surface area contributed by atoms with Crippen LogP contribution in [-0.2, 0) is 9.53 Å². The first-order valence-electron chi connectivity index (χ1n) is 6.22. The number of allylic oxidation sites excluding steroid dienone is 1. The molecule has 1 aromatic carbocycles. The number of carboxylic acid groups (broad SMARTS) is 1. The van der Waals surface area contributed by atoms with Gasteiger partial charge in [0.05, 0.1) is 0 Å². The molecular formula is C15H19NO4. The van der Waals surface area contributed by atoms with Crippen LogP contribution in [-0.4, -0.2) is 22.8 Å². The first-order valence-corrected chi connectivity index (χ1v) is 6.22. The zero-order valence-electron chi connectivity index (χ0n) is 11.6. The normalized spacial score (nSPS) is 13.3. The molecule has 3 N–H and O–H groups in total. The van der Waals surface area contributed by atoms with Gasteiger partial charge in [-0.15, -0.1) is 0 Å². The lowest BCUT2D eigenvalue weighted by molar-refractivity contribution is -0.133. The largest absolute Gasteiger partial charge is 0.510 e. The number of aliphatic carboxylic acids is 1. The maximum atomic E-state index is 11.0. The van der Waals surface area contributed by atoms with Gasteiger partial charge in [-0.25, -0.2) is 4.79 Å². The van der Waals surface area contributed by atoms with Gasteiger partial charge < -0.3 is 20.3 Å². The Hall–Kier alpha value is -2.27. The van der Waals surface area contributed by atoms with Gasteiger partial charge in [0, 0.05) is 12.3 Å². The van der Waals surface area contributed by atoms with Crippen molar-refractivity contribution in [3.05, 3.63) is 59.6 Å². The number of hydrogen-bond acceptors (Lipinski definition) is 4. The standard InChI is InChI=1S/C15H19NO4/c1-4-20-14(12-8-6-5-7-9-12)10(2)16-13(11(3)17)15(18)19/h5-9,14,16-17H,2,4H2,1,3H3,(H,18,19)/b13-11-. The highest BCUT2D eigenvalue weighted by molar-refractivity contribution is 5.86. The lowest BCUT2D eigenvalue weighted by Gasteiger charge is -2.21. The molecule has 0 spiro atoms. The average molecular weight is 277 g/mol. The van der Waals surface area contributed by atoms with Crippen molar-refractivity contribution in [2.45, 2.75) is 20.0 Å². The fourth-order valence-corrected chi connectivity index (χ4v) is 1.72. The summed E-state index contributed by atoms with van der Waals surface area (Å²) in [6, 6.07) is 9.33. The molecule has 0 aromatic heterocycles. The fraction of sp³-hybridized carbons (Fsp3) is 0.267. The van der Waals surface area contributed by atoms with E-state index < -0.39 is 12.1 Å². The molecule has 0 saturated heterocycles. The third-order valence-electron chi connectivity index (χ3n) is 2.61. The maximum absolute atomic E-state index is 11.0. The van der Waals surface area contributed by atoms with Gasteiger partial charge in [0.1, 0.15) is 11.9 Å². The summed E-state index contributed by atoms with van der Waals surface area (Å²) in [5, 5.41) is 21.0. The first kappa shape index (κ1) is 15.8. The third kappa shape index (κ3) is 4.13. The molecule has 0 aliphatic carbocycles. The summed E-state index contributed by atoms with van der Waals surface area (Å²) in [5.41, 5.74) is 0.895. The molecule has 0 fully saturated rings. The predicted octanol–water partition coefficient (Wildman–Crippen LogP) is 2.74. The first-order chi connectivity index (χ1) is 9.47. The second-order valence-corrected chi connectivity index (χ2v) is 4.16. The van der Waals surface area contributed by atoms with E-state index in [1.807, 2.05) is 37.3 Å². The van der Waals surface area contributed by atoms with Crippen LogP contribution in [0.4, 0.5) is 0 Å². The summed E-state index contributed by atoms with van der Waals surface area (Å²) in [6.45, 7) is 7.39. The van der Waals surface area contributed by atoms with Crippen molar-refractivity contribution in [3.63, 3.8) is 0 Å². The number of carboxylic acids is 1. The van der Waals surface area contributed by atoms with Gasteiger partial charge in [0.2, 0.25) is 0 Å². The average Bonchev–Trinajstić information content (AvgIpc) is 2.42. The number of nitrogens with one attached hydrogen (secondary N) is 1. The molecular weight excluding hydrogens is 258 g/mol. The third-order valence-corrected chi connectivity index (χ3v) is 2.61. The van der Waals surface area contributed by atoms with Gasteiger partial charge in [-0.1, -0.05) is 36.9 Å². The van der Waals surface area contributed by atoms with Crippen LogP contribution in [0.1, 0.15) is 25.5 Å². The van der Waals surface area contributed by atoms with Gasteiger partial charge in [0.15, 0.2) is 5.70 Å². The Kier molecular flexibility index (Phi) is 5.80. The van der Waals surface area contributed by atoms with E-state index in [4.69, 9.17) is 9.84 Å². The summed E-state index contributed by atoms with van der Waals surface area (Å²) < 4.78 is 5.59. The number of hydrogen-bond donors (Lipinski definition) is 3. The van der Waals surface area contributed by atoms with E-state index in [9.17, 15) is 9.90 Å². The smallest absolute Gasteiger partial charge is 0.355 e. The Balaban J connectivity index is 2.96. The van der Waals surface area contributed by atoms with Gasteiger partial charge >= 0.3 is 5.97 Å². The van der Waals surface area contributed by atoms with Crippen molar-refractivity contribution in [2.24, 2.45) is 0 Å². The fourth-order valence-electron chi connectivity index (χ4n) is 1.72. The molecule has 5 heteroatoms. The molecule has 0 aliphatic rings. The van der Waals surface area contributed by atoms with E-state index >= 15 is 0 Å². The zero-order valence-corrected chi connectivity index (χ0v) is 11.6. The quantitative estimate of drug-likeness (QED) is 0.527. The SMILES string of the molecule is C=C(N/C(C(=O)O)=C(/C)O)C(OCC)c1ccccc1. The summed E-state index contributed by atoms with van der Waals surface area (Å²) >= 11 is 0. The maximum Gasteiger partial charge on any atom is 0.355 e. The second kappa shape index (κ2) is 7.35. The molecule has 1 unspecified atom stereocenters. The van der Waals surface area contributed by atoms with E-state index in [-0.39, 0.29) is 11.5 Å². The number of ether oxygens (including phenoxy) is 1. The Morgan fingerprint density at radius 2 is 1.95 bits per heavy atom. The minimum Gasteiger partial charge on any atom is -0.510 e. The molecule has 20 heavy (non-hydrogen) atoms. The number of aliphatic hydroxyl groups excluding tert-OH is 1. The van der Waals surface area contributed by atoms with Gasteiger partial charge in [-0.2, -0.15) is 0 Å². The number of carbonyl (C=O) groups is 1. The lowest BCUT2D eigenvalue weighted by atomic mass is 10.1. The van der Waals surface area contributed by atoms with E-state index in [1.54, 1.807) is 0 Å². The highest BCUT2D eigenvalue weighted by Crippen LogP contribution is 2.23. The number of rotatable bonds is 7. The molecule has 0 heterocycles. The molecule has 0 aliphatic heterocycles. The summed E-state index contributed by atoms with van der Waals surface area (Å²) in [6.07, 6.45) is -0.491. The molecule has 0 saturated carbocycles. The molecule has 1 aromatic rings. The zero-order chi connectivity index (χ0) is 15.1. The van der Waals surface area contributed by atoms with Crippen LogP contribution in [0.15, 0.2) is 54.1 Å². The Morgan fingerprint density at radius 3 is 2.40 bits per heavy atom. The number of aliphatic hydroxyl groups is 1. The van der Waals surface area contributed by atoms with Crippen LogP contribution in [0.25, 0.3) is 0 Å². The lowest BCUT2D eigenvalue weighted by Crippen LogP contribution is -2.25. The van der Waals surface area contributed by atoms with Crippen molar-refractivity contribution >= 4 is 5.97 Å². The van der Waals surface area contributed by atoms with Crippen LogP contribution >= 0.6 is 0 Å². The minimum atomic E-state index is -1.26. The topological polar surface area (TPSA) is 78.8 Å². The molecule has 1 rings (SSSR count). The predicted molar refractivity (Wildman–Crippen MR) is 76.0 cm³/mol. The molecule has 0 radical (unpaired) electrons. The summed E-state index contributed by atoms with van der Waals surface area (Å²) in [4.78, 5) is 11.0. The summed E-state index contributed by atoms with van der Waals surface area (Å²) in [5.74, 6) is -1.57. The number of benzene rings is 1. The molecule has 0 amide bonds.